The summed E-state index contributed by atoms with van der Waals surface area (Å²) in [6, 6.07) is 0. The van der Waals surface area contributed by atoms with Crippen LogP contribution in [0.25, 0.3) is 0 Å². The number of hydrogen-bond acceptors (Lipinski definition) is 0. The van der Waals surface area contributed by atoms with Gasteiger partial charge in [-0.05, 0) is 6.42 Å². The van der Waals surface area contributed by atoms with Gasteiger partial charge in [-0.3, -0.25) is 0 Å². The maximum absolute atomic E-state index is 3.76. The SMILES string of the molecule is C.C.CCC(C)C[NH3+]. The summed E-state index contributed by atoms with van der Waals surface area (Å²) in [4.78, 5) is 0. The van der Waals surface area contributed by atoms with E-state index in [0.717, 1.165) is 12.5 Å². The van der Waals surface area contributed by atoms with E-state index in [0.29, 0.717) is 0 Å². The van der Waals surface area contributed by atoms with Crippen molar-refractivity contribution < 1.29 is 5.73 Å². The van der Waals surface area contributed by atoms with Gasteiger partial charge in [0.15, 0.2) is 0 Å². The molecule has 54 valence electrons. The molecule has 1 unspecified atom stereocenters. The lowest BCUT2D eigenvalue weighted by Crippen LogP contribution is -2.52. The van der Waals surface area contributed by atoms with E-state index in [1.165, 1.54) is 6.42 Å². The average molecular weight is 120 g/mol. The van der Waals surface area contributed by atoms with E-state index >= 15 is 0 Å². The van der Waals surface area contributed by atoms with Crippen molar-refractivity contribution in [3.8, 4) is 0 Å². The summed E-state index contributed by atoms with van der Waals surface area (Å²) in [7, 11) is 0. The lowest BCUT2D eigenvalue weighted by Gasteiger charge is -1.96. The van der Waals surface area contributed by atoms with Crippen LogP contribution in [0.3, 0.4) is 0 Å². The molecule has 0 aliphatic carbocycles. The number of hydrogen-bond donors (Lipinski definition) is 1. The van der Waals surface area contributed by atoms with Crippen LogP contribution in [0, 0.1) is 5.92 Å². The largest absolute Gasteiger partial charge is 0.357 e. The molecule has 0 aliphatic heterocycles. The van der Waals surface area contributed by atoms with Crippen LogP contribution < -0.4 is 5.73 Å². The molecule has 0 heterocycles. The Bertz CT molecular complexity index is 23.6. The summed E-state index contributed by atoms with van der Waals surface area (Å²) < 4.78 is 0. The summed E-state index contributed by atoms with van der Waals surface area (Å²) in [6.45, 7) is 5.49. The van der Waals surface area contributed by atoms with E-state index in [2.05, 4.69) is 19.6 Å². The zero-order valence-electron chi connectivity index (χ0n) is 4.70. The topological polar surface area (TPSA) is 27.6 Å². The Balaban J connectivity index is -0.000000125. The van der Waals surface area contributed by atoms with Crippen LogP contribution in [0.2, 0.25) is 0 Å². The molecule has 0 aromatic heterocycles. The molecule has 3 N–H and O–H groups in total. The Hall–Kier alpha value is -0.0400. The summed E-state index contributed by atoms with van der Waals surface area (Å²) in [5.74, 6) is 0.824. The molecule has 0 saturated carbocycles. The van der Waals surface area contributed by atoms with E-state index in [4.69, 9.17) is 0 Å². The zero-order valence-corrected chi connectivity index (χ0v) is 4.70. The zero-order chi connectivity index (χ0) is 4.99. The third-order valence-corrected chi connectivity index (χ3v) is 1.19. The Labute approximate surface area is 54.3 Å². The Morgan fingerprint density at radius 2 is 1.75 bits per heavy atom. The van der Waals surface area contributed by atoms with Crippen LogP contribution in [-0.2, 0) is 0 Å². The van der Waals surface area contributed by atoms with Gasteiger partial charge in [0.1, 0.15) is 0 Å². The van der Waals surface area contributed by atoms with Crippen LogP contribution in [0.5, 0.6) is 0 Å². The molecule has 0 bridgehead atoms. The number of quaternary nitrogens is 1. The van der Waals surface area contributed by atoms with Gasteiger partial charge in [-0.15, -0.1) is 0 Å². The molecule has 0 aromatic rings. The molecule has 0 saturated heterocycles. The molecule has 1 heteroatoms. The molecular weight excluding hydrogens is 98.1 g/mol. The van der Waals surface area contributed by atoms with Crippen molar-refractivity contribution in [3.05, 3.63) is 0 Å². The summed E-state index contributed by atoms with van der Waals surface area (Å²) in [5, 5.41) is 0. The summed E-state index contributed by atoms with van der Waals surface area (Å²) >= 11 is 0. The first-order valence-electron chi connectivity index (χ1n) is 2.60. The van der Waals surface area contributed by atoms with Crippen LogP contribution in [-0.4, -0.2) is 6.54 Å². The van der Waals surface area contributed by atoms with E-state index in [1.54, 1.807) is 0 Å². The molecule has 8 heavy (non-hydrogen) atoms. The van der Waals surface area contributed by atoms with Gasteiger partial charge in [0.25, 0.3) is 0 Å². The molecular formula is C7H22N+. The van der Waals surface area contributed by atoms with Crippen LogP contribution in [0.1, 0.15) is 35.1 Å². The first kappa shape index (κ1) is 15.7. The van der Waals surface area contributed by atoms with Gasteiger partial charge in [-0.1, -0.05) is 28.7 Å². The highest BCUT2D eigenvalue weighted by Crippen LogP contribution is 1.92. The van der Waals surface area contributed by atoms with Gasteiger partial charge >= 0.3 is 0 Å². The molecule has 0 amide bonds. The van der Waals surface area contributed by atoms with Gasteiger partial charge in [-0.2, -0.15) is 0 Å². The highest BCUT2D eigenvalue weighted by Gasteiger charge is 1.92. The van der Waals surface area contributed by atoms with Gasteiger partial charge in [-0.25, -0.2) is 0 Å². The predicted molar refractivity (Wildman–Crippen MR) is 40.7 cm³/mol. The van der Waals surface area contributed by atoms with Crippen molar-refractivity contribution in [3.63, 3.8) is 0 Å². The highest BCUT2D eigenvalue weighted by molar-refractivity contribution is 4.40. The minimum Gasteiger partial charge on any atom is -0.357 e. The van der Waals surface area contributed by atoms with E-state index in [9.17, 15) is 0 Å². The standard InChI is InChI=1S/C5H13N.2CH4/c1-3-5(2)4-6;;/h5H,3-4,6H2,1-2H3;2*1H4/p+1. The Kier molecular flexibility index (Phi) is 19.7. The van der Waals surface area contributed by atoms with Gasteiger partial charge in [0, 0.05) is 5.92 Å². The molecule has 0 spiro atoms. The summed E-state index contributed by atoms with van der Waals surface area (Å²) in [5.41, 5.74) is 3.76. The van der Waals surface area contributed by atoms with Gasteiger partial charge < -0.3 is 5.73 Å². The van der Waals surface area contributed by atoms with Crippen molar-refractivity contribution in [2.75, 3.05) is 6.54 Å². The van der Waals surface area contributed by atoms with E-state index < -0.39 is 0 Å². The maximum Gasteiger partial charge on any atom is 0.0765 e. The van der Waals surface area contributed by atoms with Crippen molar-refractivity contribution in [1.82, 2.24) is 0 Å². The minimum atomic E-state index is 0. The first-order chi connectivity index (χ1) is 2.81. The lowest BCUT2D eigenvalue weighted by molar-refractivity contribution is -0.378. The molecule has 0 aromatic carbocycles. The predicted octanol–water partition coefficient (Wildman–Crippen LogP) is 1.55. The van der Waals surface area contributed by atoms with Gasteiger partial charge in [0.05, 0.1) is 6.54 Å². The van der Waals surface area contributed by atoms with E-state index in [-0.39, 0.29) is 14.9 Å². The monoisotopic (exact) mass is 120 g/mol. The minimum absolute atomic E-state index is 0. The fraction of sp³-hybridized carbons (Fsp3) is 1.00. The molecule has 0 aliphatic rings. The quantitative estimate of drug-likeness (QED) is 0.572. The van der Waals surface area contributed by atoms with E-state index in [1.807, 2.05) is 0 Å². The summed E-state index contributed by atoms with van der Waals surface area (Å²) in [6.07, 6.45) is 1.27. The molecule has 0 rings (SSSR count). The molecule has 1 nitrogen and oxygen atoms in total. The average Bonchev–Trinajstić information content (AvgIpc) is 1.65. The second-order valence-electron chi connectivity index (χ2n) is 1.80. The van der Waals surface area contributed by atoms with Crippen molar-refractivity contribution in [2.24, 2.45) is 5.92 Å². The molecule has 0 fully saturated rings. The fourth-order valence-electron chi connectivity index (χ4n) is 0.204. The highest BCUT2D eigenvalue weighted by atomic mass is 14.5. The smallest absolute Gasteiger partial charge is 0.0765 e. The van der Waals surface area contributed by atoms with Crippen molar-refractivity contribution in [1.29, 1.82) is 0 Å². The third kappa shape index (κ3) is 9.35. The second kappa shape index (κ2) is 10.0. The lowest BCUT2D eigenvalue weighted by atomic mass is 10.1. The van der Waals surface area contributed by atoms with Crippen LogP contribution in [0.15, 0.2) is 0 Å². The Morgan fingerprint density at radius 1 is 1.38 bits per heavy atom. The maximum atomic E-state index is 3.76. The molecule has 1 atom stereocenters. The Morgan fingerprint density at radius 3 is 1.75 bits per heavy atom. The number of rotatable bonds is 2. The second-order valence-corrected chi connectivity index (χ2v) is 1.80. The van der Waals surface area contributed by atoms with Crippen LogP contribution in [0.4, 0.5) is 0 Å². The van der Waals surface area contributed by atoms with Gasteiger partial charge in [0.2, 0.25) is 0 Å². The van der Waals surface area contributed by atoms with Crippen molar-refractivity contribution in [2.45, 2.75) is 35.1 Å². The van der Waals surface area contributed by atoms with Crippen molar-refractivity contribution >= 4 is 0 Å². The fourth-order valence-corrected chi connectivity index (χ4v) is 0.204. The molecule has 0 radical (unpaired) electrons. The first-order valence-corrected chi connectivity index (χ1v) is 2.60. The van der Waals surface area contributed by atoms with Crippen LogP contribution >= 0.6 is 0 Å². The normalized spacial score (nSPS) is 10.9. The third-order valence-electron chi connectivity index (χ3n) is 1.19.